The van der Waals surface area contributed by atoms with Gasteiger partial charge in [0.2, 0.25) is 5.52 Å². The molecular formula is C11H10N3+. The number of hydrogen-bond donors (Lipinski definition) is 1. The standard InChI is InChI=1S/C11H9N3/c1-14-7-13-10-5-4-9-8(11(10)14)3-2-6-12-9/h2-7H,1H3/p+1. The van der Waals surface area contributed by atoms with Crippen LogP contribution in [0, 0.1) is 0 Å². The van der Waals surface area contributed by atoms with E-state index in [1.807, 2.05) is 36.3 Å². The Hall–Kier alpha value is -1.90. The minimum absolute atomic E-state index is 1.04. The maximum Gasteiger partial charge on any atom is 0.287 e. The van der Waals surface area contributed by atoms with Crippen molar-refractivity contribution in [3.63, 3.8) is 0 Å². The summed E-state index contributed by atoms with van der Waals surface area (Å²) in [7, 11) is 2.02. The highest BCUT2D eigenvalue weighted by atomic mass is 15.0. The van der Waals surface area contributed by atoms with Crippen molar-refractivity contribution in [2.45, 2.75) is 0 Å². The zero-order valence-corrected chi connectivity index (χ0v) is 7.86. The van der Waals surface area contributed by atoms with Crippen LogP contribution in [0.4, 0.5) is 0 Å². The Morgan fingerprint density at radius 1 is 1.29 bits per heavy atom. The summed E-state index contributed by atoms with van der Waals surface area (Å²) in [4.78, 5) is 7.54. The van der Waals surface area contributed by atoms with Crippen LogP contribution in [0.3, 0.4) is 0 Å². The van der Waals surface area contributed by atoms with Crippen LogP contribution >= 0.6 is 0 Å². The van der Waals surface area contributed by atoms with Crippen LogP contribution in [-0.4, -0.2) is 9.97 Å². The van der Waals surface area contributed by atoms with Crippen LogP contribution in [-0.2, 0) is 7.05 Å². The van der Waals surface area contributed by atoms with E-state index in [1.54, 1.807) is 0 Å². The molecule has 0 radical (unpaired) electrons. The number of aryl methyl sites for hydroxylation is 1. The first-order valence-electron chi connectivity index (χ1n) is 4.57. The number of H-pyrrole nitrogens is 1. The topological polar surface area (TPSA) is 32.6 Å². The van der Waals surface area contributed by atoms with Gasteiger partial charge >= 0.3 is 0 Å². The molecule has 3 aromatic rings. The maximum absolute atomic E-state index is 4.32. The van der Waals surface area contributed by atoms with E-state index in [0.717, 1.165) is 11.0 Å². The van der Waals surface area contributed by atoms with E-state index in [9.17, 15) is 0 Å². The summed E-state index contributed by atoms with van der Waals surface area (Å²) >= 11 is 0. The van der Waals surface area contributed by atoms with E-state index >= 15 is 0 Å². The van der Waals surface area contributed by atoms with Crippen LogP contribution in [0.15, 0.2) is 36.8 Å². The van der Waals surface area contributed by atoms with Crippen molar-refractivity contribution in [2.75, 3.05) is 0 Å². The molecule has 0 atom stereocenters. The number of pyridine rings is 1. The lowest BCUT2D eigenvalue weighted by molar-refractivity contribution is -0.643. The molecule has 0 amide bonds. The van der Waals surface area contributed by atoms with Crippen LogP contribution in [0.5, 0.6) is 0 Å². The number of hydrogen-bond acceptors (Lipinski definition) is 1. The predicted octanol–water partition coefficient (Wildman–Crippen LogP) is 1.54. The molecule has 0 aliphatic rings. The van der Waals surface area contributed by atoms with Gasteiger partial charge in [0.05, 0.1) is 7.05 Å². The Morgan fingerprint density at radius 2 is 2.21 bits per heavy atom. The fourth-order valence-corrected chi connectivity index (χ4v) is 1.85. The molecular weight excluding hydrogens is 174 g/mol. The van der Waals surface area contributed by atoms with Crippen molar-refractivity contribution >= 4 is 21.9 Å². The van der Waals surface area contributed by atoms with Gasteiger partial charge < -0.3 is 4.98 Å². The molecule has 2 aromatic heterocycles. The van der Waals surface area contributed by atoms with Crippen LogP contribution < -0.4 is 4.57 Å². The van der Waals surface area contributed by atoms with E-state index in [1.165, 1.54) is 10.9 Å². The van der Waals surface area contributed by atoms with Gasteiger partial charge in [-0.25, -0.2) is 4.57 Å². The fraction of sp³-hybridized carbons (Fsp3) is 0.0909. The first kappa shape index (κ1) is 7.50. The number of aromatic nitrogens is 3. The molecule has 0 saturated heterocycles. The van der Waals surface area contributed by atoms with Gasteiger partial charge in [-0.15, -0.1) is 0 Å². The van der Waals surface area contributed by atoms with Gasteiger partial charge in [0.15, 0.2) is 5.52 Å². The second-order valence-corrected chi connectivity index (χ2v) is 3.42. The molecule has 1 N–H and O–H groups in total. The summed E-state index contributed by atoms with van der Waals surface area (Å²) in [6, 6.07) is 8.21. The zero-order chi connectivity index (χ0) is 9.54. The molecule has 3 nitrogen and oxygen atoms in total. The monoisotopic (exact) mass is 184 g/mol. The Kier molecular flexibility index (Phi) is 1.36. The van der Waals surface area contributed by atoms with E-state index < -0.39 is 0 Å². The van der Waals surface area contributed by atoms with Crippen LogP contribution in [0.1, 0.15) is 0 Å². The quantitative estimate of drug-likeness (QED) is 0.528. The second-order valence-electron chi connectivity index (χ2n) is 3.42. The van der Waals surface area contributed by atoms with E-state index in [-0.39, 0.29) is 0 Å². The van der Waals surface area contributed by atoms with Gasteiger partial charge in [0.25, 0.3) is 6.33 Å². The average Bonchev–Trinajstić information content (AvgIpc) is 2.61. The SMILES string of the molecule is C[n+]1cnc2ccc3[nH]cccc3c21. The highest BCUT2D eigenvalue weighted by molar-refractivity contribution is 6.00. The van der Waals surface area contributed by atoms with Gasteiger partial charge in [-0.1, -0.05) is 0 Å². The Morgan fingerprint density at radius 3 is 3.14 bits per heavy atom. The molecule has 1 aromatic carbocycles. The van der Waals surface area contributed by atoms with Crippen molar-refractivity contribution in [3.05, 3.63) is 36.8 Å². The average molecular weight is 184 g/mol. The molecule has 0 unspecified atom stereocenters. The molecule has 0 bridgehead atoms. The van der Waals surface area contributed by atoms with Gasteiger partial charge in [-0.05, 0) is 29.2 Å². The fourth-order valence-electron chi connectivity index (χ4n) is 1.85. The first-order valence-corrected chi connectivity index (χ1v) is 4.57. The van der Waals surface area contributed by atoms with E-state index in [4.69, 9.17) is 0 Å². The Labute approximate surface area is 81.0 Å². The molecule has 0 spiro atoms. The highest BCUT2D eigenvalue weighted by Gasteiger charge is 2.11. The second kappa shape index (κ2) is 2.54. The predicted molar refractivity (Wildman–Crippen MR) is 54.8 cm³/mol. The summed E-state index contributed by atoms with van der Waals surface area (Å²) in [5.74, 6) is 0. The number of imidazole rings is 1. The van der Waals surface area contributed by atoms with Crippen LogP contribution in [0.2, 0.25) is 0 Å². The lowest BCUT2D eigenvalue weighted by Crippen LogP contribution is -2.25. The summed E-state index contributed by atoms with van der Waals surface area (Å²) < 4.78 is 2.05. The summed E-state index contributed by atoms with van der Waals surface area (Å²) in [5.41, 5.74) is 3.36. The molecule has 0 saturated carbocycles. The number of nitrogens with zero attached hydrogens (tertiary/aromatic N) is 2. The maximum atomic E-state index is 4.32. The van der Waals surface area contributed by atoms with E-state index in [2.05, 4.69) is 22.1 Å². The Bertz CT molecular complexity index is 610. The van der Waals surface area contributed by atoms with Crippen molar-refractivity contribution in [1.29, 1.82) is 0 Å². The molecule has 0 fully saturated rings. The van der Waals surface area contributed by atoms with Gasteiger partial charge in [-0.3, -0.25) is 0 Å². The van der Waals surface area contributed by atoms with Crippen molar-refractivity contribution < 1.29 is 4.57 Å². The summed E-state index contributed by atoms with van der Waals surface area (Å²) in [5, 5.41) is 1.21. The third-order valence-electron chi connectivity index (χ3n) is 2.52. The number of aromatic amines is 1. The molecule has 3 heteroatoms. The molecule has 14 heavy (non-hydrogen) atoms. The molecule has 2 heterocycles. The largest absolute Gasteiger partial charge is 0.361 e. The number of nitrogens with one attached hydrogen (secondary N) is 1. The lowest BCUT2D eigenvalue weighted by Gasteiger charge is -1.96. The normalized spacial score (nSPS) is 11.2. The third kappa shape index (κ3) is 0.865. The summed E-state index contributed by atoms with van der Waals surface area (Å²) in [6.45, 7) is 0. The van der Waals surface area contributed by atoms with Gasteiger partial charge in [0, 0.05) is 17.1 Å². The number of fused-ring (bicyclic) bond motifs is 3. The van der Waals surface area contributed by atoms with Crippen molar-refractivity contribution in [3.8, 4) is 0 Å². The third-order valence-corrected chi connectivity index (χ3v) is 2.52. The number of rotatable bonds is 0. The van der Waals surface area contributed by atoms with Crippen molar-refractivity contribution in [2.24, 2.45) is 7.05 Å². The molecule has 3 rings (SSSR count). The molecule has 0 aliphatic heterocycles. The smallest absolute Gasteiger partial charge is 0.287 e. The van der Waals surface area contributed by atoms with Crippen LogP contribution in [0.25, 0.3) is 21.9 Å². The lowest BCUT2D eigenvalue weighted by atomic mass is 10.2. The molecule has 0 aliphatic carbocycles. The first-order chi connectivity index (χ1) is 6.86. The molecule has 68 valence electrons. The summed E-state index contributed by atoms with van der Waals surface area (Å²) in [6.07, 6.45) is 3.78. The highest BCUT2D eigenvalue weighted by Crippen LogP contribution is 2.18. The van der Waals surface area contributed by atoms with Gasteiger partial charge in [0.1, 0.15) is 0 Å². The number of benzene rings is 1. The van der Waals surface area contributed by atoms with Crippen molar-refractivity contribution in [1.82, 2.24) is 9.97 Å². The minimum Gasteiger partial charge on any atom is -0.361 e. The minimum atomic E-state index is 1.04. The zero-order valence-electron chi connectivity index (χ0n) is 7.86. The van der Waals surface area contributed by atoms with E-state index in [0.29, 0.717) is 0 Å². The van der Waals surface area contributed by atoms with Gasteiger partial charge in [-0.2, -0.15) is 0 Å². The Balaban J connectivity index is 2.65.